The number of amides is 1. The molecule has 1 aliphatic heterocycles. The third kappa shape index (κ3) is 3.85. The van der Waals surface area contributed by atoms with Crippen LogP contribution in [0.2, 0.25) is 0 Å². The van der Waals surface area contributed by atoms with Crippen molar-refractivity contribution in [3.05, 3.63) is 28.6 Å². The monoisotopic (exact) mass is 359 g/mol. The molecule has 134 valence electrons. The Balaban J connectivity index is 1.93. The number of ether oxygens (including phenoxy) is 1. The van der Waals surface area contributed by atoms with Crippen molar-refractivity contribution in [2.75, 3.05) is 32.1 Å². The number of likely N-dealkylation sites (N-methyl/N-ethyl adjacent to an activating group) is 1. The Hall–Kier alpha value is -1.92. The van der Waals surface area contributed by atoms with E-state index in [9.17, 15) is 4.79 Å². The maximum atomic E-state index is 12.6. The van der Waals surface area contributed by atoms with Gasteiger partial charge >= 0.3 is 0 Å². The van der Waals surface area contributed by atoms with Crippen LogP contribution in [-0.4, -0.2) is 49.1 Å². The predicted octanol–water partition coefficient (Wildman–Crippen LogP) is 3.44. The van der Waals surface area contributed by atoms with Crippen molar-refractivity contribution in [3.63, 3.8) is 0 Å². The van der Waals surface area contributed by atoms with Gasteiger partial charge in [-0.1, -0.05) is 6.92 Å². The molecule has 0 saturated carbocycles. The Labute approximate surface area is 153 Å². The average molecular weight is 359 g/mol. The molecule has 25 heavy (non-hydrogen) atoms. The van der Waals surface area contributed by atoms with E-state index < -0.39 is 6.10 Å². The van der Waals surface area contributed by atoms with Gasteiger partial charge in [0.2, 0.25) is 0 Å². The Kier molecular flexibility index (Phi) is 5.39. The van der Waals surface area contributed by atoms with E-state index >= 15 is 0 Å². The molecule has 2 aromatic rings. The molecule has 0 aliphatic carbocycles. The molecule has 2 heterocycles. The summed E-state index contributed by atoms with van der Waals surface area (Å²) in [5.74, 6) is 0.773. The van der Waals surface area contributed by atoms with Crippen LogP contribution in [-0.2, 0) is 11.2 Å². The van der Waals surface area contributed by atoms with E-state index in [4.69, 9.17) is 9.72 Å². The predicted molar refractivity (Wildman–Crippen MR) is 103 cm³/mol. The van der Waals surface area contributed by atoms with Crippen molar-refractivity contribution < 1.29 is 9.53 Å². The fourth-order valence-electron chi connectivity index (χ4n) is 2.87. The van der Waals surface area contributed by atoms with E-state index in [1.54, 1.807) is 18.3 Å². The van der Waals surface area contributed by atoms with Gasteiger partial charge in [0.25, 0.3) is 5.91 Å². The molecular weight excluding hydrogens is 334 g/mol. The minimum atomic E-state index is -0.448. The molecule has 0 spiro atoms. The van der Waals surface area contributed by atoms with Gasteiger partial charge in [0.1, 0.15) is 5.75 Å². The number of fused-ring (bicyclic) bond motifs is 1. The minimum Gasteiger partial charge on any atom is -0.479 e. The second-order valence-electron chi connectivity index (χ2n) is 6.61. The summed E-state index contributed by atoms with van der Waals surface area (Å²) in [7, 11) is 4.02. The lowest BCUT2D eigenvalue weighted by Gasteiger charge is -2.34. The fourth-order valence-corrected chi connectivity index (χ4v) is 3.78. The van der Waals surface area contributed by atoms with Crippen LogP contribution in [0, 0.1) is 0 Å². The van der Waals surface area contributed by atoms with E-state index in [1.165, 1.54) is 0 Å². The molecule has 1 atom stereocenters. The molecule has 1 aromatic carbocycles. The second kappa shape index (κ2) is 7.54. The van der Waals surface area contributed by atoms with Crippen molar-refractivity contribution in [2.24, 2.45) is 0 Å². The van der Waals surface area contributed by atoms with Crippen LogP contribution >= 0.6 is 11.3 Å². The average Bonchev–Trinajstić information content (AvgIpc) is 3.04. The summed E-state index contributed by atoms with van der Waals surface area (Å²) < 4.78 is 5.79. The highest BCUT2D eigenvalue weighted by molar-refractivity contribution is 7.09. The first kappa shape index (κ1) is 17.9. The van der Waals surface area contributed by atoms with Crippen LogP contribution in [0.5, 0.6) is 5.75 Å². The lowest BCUT2D eigenvalue weighted by molar-refractivity contribution is -0.125. The Morgan fingerprint density at radius 1 is 1.36 bits per heavy atom. The highest BCUT2D eigenvalue weighted by Crippen LogP contribution is 2.37. The number of hydrogen-bond acceptors (Lipinski definition) is 5. The van der Waals surface area contributed by atoms with Gasteiger partial charge in [-0.25, -0.2) is 4.98 Å². The molecule has 0 bridgehead atoms. The number of aromatic nitrogens is 1. The molecule has 1 aromatic heterocycles. The normalized spacial score (nSPS) is 16.9. The van der Waals surface area contributed by atoms with Crippen LogP contribution in [0.3, 0.4) is 0 Å². The molecular formula is C19H25N3O2S. The first-order valence-corrected chi connectivity index (χ1v) is 9.59. The standard InChI is InChI=1S/C19H25N3O2S/c1-5-6-18-20-15(12-25-18)14-7-8-17-16(11-14)22(10-9-21(3)4)19(23)13(2)24-17/h7-8,11-13H,5-6,9-10H2,1-4H3. The van der Waals surface area contributed by atoms with Crippen LogP contribution < -0.4 is 9.64 Å². The van der Waals surface area contributed by atoms with Gasteiger partial charge in [0, 0.05) is 24.0 Å². The summed E-state index contributed by atoms with van der Waals surface area (Å²) >= 11 is 1.69. The van der Waals surface area contributed by atoms with Crippen molar-refractivity contribution in [1.82, 2.24) is 9.88 Å². The number of benzene rings is 1. The third-order valence-electron chi connectivity index (χ3n) is 4.25. The highest BCUT2D eigenvalue weighted by Gasteiger charge is 2.31. The molecule has 0 saturated heterocycles. The summed E-state index contributed by atoms with van der Waals surface area (Å²) in [6.45, 7) is 5.42. The van der Waals surface area contributed by atoms with E-state index in [2.05, 4.69) is 17.2 Å². The van der Waals surface area contributed by atoms with E-state index in [-0.39, 0.29) is 5.91 Å². The van der Waals surface area contributed by atoms with E-state index in [0.29, 0.717) is 6.54 Å². The number of carbonyl (C=O) groups is 1. The molecule has 6 heteroatoms. The van der Waals surface area contributed by atoms with Gasteiger partial charge in [-0.15, -0.1) is 11.3 Å². The van der Waals surface area contributed by atoms with Crippen LogP contribution in [0.15, 0.2) is 23.6 Å². The van der Waals surface area contributed by atoms with Gasteiger partial charge in [-0.3, -0.25) is 4.79 Å². The smallest absolute Gasteiger partial charge is 0.267 e. The Morgan fingerprint density at radius 2 is 2.16 bits per heavy atom. The molecule has 1 amide bonds. The first-order valence-electron chi connectivity index (χ1n) is 8.71. The largest absolute Gasteiger partial charge is 0.479 e. The fraction of sp³-hybridized carbons (Fsp3) is 0.474. The highest BCUT2D eigenvalue weighted by atomic mass is 32.1. The SMILES string of the molecule is CCCc1nc(-c2ccc3c(c2)N(CCN(C)C)C(=O)C(C)O3)cs1. The topological polar surface area (TPSA) is 45.7 Å². The molecule has 1 unspecified atom stereocenters. The number of aryl methyl sites for hydroxylation is 1. The summed E-state index contributed by atoms with van der Waals surface area (Å²) in [4.78, 5) is 21.2. The number of nitrogens with zero attached hydrogens (tertiary/aromatic N) is 3. The van der Waals surface area contributed by atoms with Crippen molar-refractivity contribution in [2.45, 2.75) is 32.8 Å². The zero-order valence-corrected chi connectivity index (χ0v) is 16.1. The third-order valence-corrected chi connectivity index (χ3v) is 5.16. The van der Waals surface area contributed by atoms with Gasteiger partial charge in [0.15, 0.2) is 6.10 Å². The lowest BCUT2D eigenvalue weighted by atomic mass is 10.1. The van der Waals surface area contributed by atoms with E-state index in [0.717, 1.165) is 47.1 Å². The van der Waals surface area contributed by atoms with Crippen LogP contribution in [0.4, 0.5) is 5.69 Å². The maximum absolute atomic E-state index is 12.6. The Morgan fingerprint density at radius 3 is 2.88 bits per heavy atom. The number of thiazole rings is 1. The van der Waals surface area contributed by atoms with Crippen LogP contribution in [0.1, 0.15) is 25.3 Å². The number of anilines is 1. The van der Waals surface area contributed by atoms with Crippen molar-refractivity contribution in [3.8, 4) is 17.0 Å². The molecule has 0 radical (unpaired) electrons. The van der Waals surface area contributed by atoms with Gasteiger partial charge in [-0.05, 0) is 52.1 Å². The van der Waals surface area contributed by atoms with Gasteiger partial charge in [-0.2, -0.15) is 0 Å². The molecule has 3 rings (SSSR count). The molecule has 0 fully saturated rings. The van der Waals surface area contributed by atoms with Crippen LogP contribution in [0.25, 0.3) is 11.3 Å². The molecule has 5 nitrogen and oxygen atoms in total. The van der Waals surface area contributed by atoms with Gasteiger partial charge < -0.3 is 14.5 Å². The van der Waals surface area contributed by atoms with E-state index in [1.807, 2.05) is 37.2 Å². The summed E-state index contributed by atoms with van der Waals surface area (Å²) in [6.07, 6.45) is 1.65. The van der Waals surface area contributed by atoms with Crippen molar-refractivity contribution in [1.29, 1.82) is 0 Å². The number of carbonyl (C=O) groups excluding carboxylic acids is 1. The minimum absolute atomic E-state index is 0.0106. The molecule has 0 N–H and O–H groups in total. The first-order chi connectivity index (χ1) is 12.0. The summed E-state index contributed by atoms with van der Waals surface area (Å²) in [5.41, 5.74) is 2.83. The number of rotatable bonds is 6. The lowest BCUT2D eigenvalue weighted by Crippen LogP contribution is -2.46. The summed E-state index contributed by atoms with van der Waals surface area (Å²) in [5, 5.41) is 3.24. The zero-order chi connectivity index (χ0) is 18.0. The quantitative estimate of drug-likeness (QED) is 0.793. The molecule has 1 aliphatic rings. The maximum Gasteiger partial charge on any atom is 0.267 e. The number of hydrogen-bond donors (Lipinski definition) is 0. The second-order valence-corrected chi connectivity index (χ2v) is 7.55. The summed E-state index contributed by atoms with van der Waals surface area (Å²) in [6, 6.07) is 6.00. The zero-order valence-electron chi connectivity index (χ0n) is 15.3. The van der Waals surface area contributed by atoms with Crippen molar-refractivity contribution >= 4 is 22.9 Å². The van der Waals surface area contributed by atoms with Gasteiger partial charge in [0.05, 0.1) is 16.4 Å². The Bertz CT molecular complexity index is 757.